The van der Waals surface area contributed by atoms with E-state index in [1.807, 2.05) is 36.5 Å². The molecule has 5 rings (SSSR count). The average Bonchev–Trinajstić information content (AvgIpc) is 3.55. The van der Waals surface area contributed by atoms with Gasteiger partial charge in [0.15, 0.2) is 0 Å². The lowest BCUT2D eigenvalue weighted by Gasteiger charge is -2.35. The highest BCUT2D eigenvalue weighted by molar-refractivity contribution is 6.02. The third-order valence-electron chi connectivity index (χ3n) is 7.76. The molecule has 0 spiro atoms. The number of carbonyl (C=O) groups excluding carboxylic acids is 1. The average molecular weight is 511 g/mol. The molecule has 0 bridgehead atoms. The molecule has 38 heavy (non-hydrogen) atoms. The molecule has 7 nitrogen and oxygen atoms in total. The van der Waals surface area contributed by atoms with Crippen molar-refractivity contribution in [3.05, 3.63) is 90.4 Å². The molecule has 2 aliphatic rings. The highest BCUT2D eigenvalue weighted by atomic mass is 16.2. The molecule has 2 aromatic carbocycles. The number of aryl methyl sites for hydroxylation is 1. The number of nitrogens with zero attached hydrogens (tertiary/aromatic N) is 3. The van der Waals surface area contributed by atoms with E-state index in [1.165, 1.54) is 18.4 Å². The number of aromatic amines is 1. The third-order valence-corrected chi connectivity index (χ3v) is 7.76. The number of amides is 2. The Kier molecular flexibility index (Phi) is 7.82. The third kappa shape index (κ3) is 5.62. The van der Waals surface area contributed by atoms with Gasteiger partial charge in [-0.2, -0.15) is 0 Å². The molecule has 0 saturated carbocycles. The number of aromatic nitrogens is 1. The van der Waals surface area contributed by atoms with Gasteiger partial charge < -0.3 is 25.4 Å². The molecule has 2 atom stereocenters. The molecule has 2 aliphatic heterocycles. The van der Waals surface area contributed by atoms with E-state index in [-0.39, 0.29) is 6.03 Å². The van der Waals surface area contributed by atoms with Crippen LogP contribution >= 0.6 is 0 Å². The Morgan fingerprint density at radius 2 is 1.92 bits per heavy atom. The molecule has 2 amide bonds. The smallest absolute Gasteiger partial charge is 0.323 e. The fraction of sp³-hybridized carbons (Fsp3) is 0.355. The van der Waals surface area contributed by atoms with Crippen molar-refractivity contribution in [2.45, 2.75) is 51.5 Å². The van der Waals surface area contributed by atoms with E-state index in [9.17, 15) is 4.79 Å². The fourth-order valence-electron chi connectivity index (χ4n) is 5.82. The second kappa shape index (κ2) is 11.6. The van der Waals surface area contributed by atoms with Crippen LogP contribution in [0.25, 0.3) is 0 Å². The number of aliphatic imine (C=N–C) groups is 1. The lowest BCUT2D eigenvalue weighted by atomic mass is 9.90. The van der Waals surface area contributed by atoms with Crippen LogP contribution < -0.4 is 15.5 Å². The molecule has 2 fully saturated rings. The Morgan fingerprint density at radius 1 is 1.08 bits per heavy atom. The second-order valence-electron chi connectivity index (χ2n) is 10.3. The molecule has 7 heteroatoms. The maximum Gasteiger partial charge on any atom is 0.323 e. The minimum Gasteiger partial charge on any atom is -0.367 e. The van der Waals surface area contributed by atoms with Gasteiger partial charge in [0, 0.05) is 60.9 Å². The standard InChI is InChI=1S/C31H38N6O/c1-4-32-30(27-16-17-33-23(27)3)36-18-9-12-25(21-36)24-11-7-13-26(20-24)34-31(38)35-28-14-5-6-15-29(28)37-19-8-10-22(37)2/h4-7,11,13-17,20,22,25,33H,1,8-10,12,18-19,21H2,2-3H3,(H2,34,35,38). The lowest BCUT2D eigenvalue weighted by Crippen LogP contribution is -2.39. The summed E-state index contributed by atoms with van der Waals surface area (Å²) in [6.45, 7) is 11.0. The van der Waals surface area contributed by atoms with E-state index in [0.717, 1.165) is 66.6 Å². The van der Waals surface area contributed by atoms with Gasteiger partial charge in [0.05, 0.1) is 11.4 Å². The number of anilines is 3. The number of hydrogen-bond donors (Lipinski definition) is 3. The highest BCUT2D eigenvalue weighted by Gasteiger charge is 2.26. The molecule has 3 heterocycles. The summed E-state index contributed by atoms with van der Waals surface area (Å²) < 4.78 is 0. The number of hydrogen-bond acceptors (Lipinski definition) is 3. The van der Waals surface area contributed by atoms with E-state index >= 15 is 0 Å². The van der Waals surface area contributed by atoms with E-state index in [0.29, 0.717) is 12.0 Å². The zero-order valence-electron chi connectivity index (χ0n) is 22.4. The Balaban J connectivity index is 1.27. The summed E-state index contributed by atoms with van der Waals surface area (Å²) in [5.41, 5.74) is 6.16. The number of benzene rings is 2. The SMILES string of the molecule is C=CN=C(c1cc[nH]c1C)N1CCCC(c2cccc(NC(=O)Nc3ccccc3N3CCCC3C)c2)C1. The fourth-order valence-corrected chi connectivity index (χ4v) is 5.82. The van der Waals surface area contributed by atoms with Crippen LogP contribution in [-0.4, -0.2) is 47.4 Å². The molecule has 0 radical (unpaired) electrons. The van der Waals surface area contributed by atoms with E-state index < -0.39 is 0 Å². The maximum absolute atomic E-state index is 13.0. The van der Waals surface area contributed by atoms with Crippen LogP contribution in [-0.2, 0) is 0 Å². The summed E-state index contributed by atoms with van der Waals surface area (Å²) in [6.07, 6.45) is 8.11. The Hall–Kier alpha value is -4.00. The van der Waals surface area contributed by atoms with Crippen molar-refractivity contribution < 1.29 is 4.79 Å². The molecule has 3 N–H and O–H groups in total. The Bertz CT molecular complexity index is 1310. The number of H-pyrrole nitrogens is 1. The molecule has 0 aliphatic carbocycles. The van der Waals surface area contributed by atoms with E-state index in [2.05, 4.69) is 75.1 Å². The van der Waals surface area contributed by atoms with Crippen LogP contribution in [0.4, 0.5) is 21.9 Å². The van der Waals surface area contributed by atoms with Crippen molar-refractivity contribution in [3.63, 3.8) is 0 Å². The zero-order valence-corrected chi connectivity index (χ0v) is 22.4. The number of carbonyl (C=O) groups is 1. The second-order valence-corrected chi connectivity index (χ2v) is 10.3. The van der Waals surface area contributed by atoms with Crippen molar-refractivity contribution in [2.75, 3.05) is 35.2 Å². The number of urea groups is 1. The zero-order chi connectivity index (χ0) is 26.5. The van der Waals surface area contributed by atoms with Crippen LogP contribution in [0.1, 0.15) is 55.3 Å². The highest BCUT2D eigenvalue weighted by Crippen LogP contribution is 2.33. The summed E-state index contributed by atoms with van der Waals surface area (Å²) in [5.74, 6) is 1.31. The van der Waals surface area contributed by atoms with Crippen LogP contribution in [0.15, 0.2) is 78.6 Å². The Labute approximate surface area is 225 Å². The minimum absolute atomic E-state index is 0.227. The Morgan fingerprint density at radius 3 is 2.68 bits per heavy atom. The van der Waals surface area contributed by atoms with Crippen LogP contribution in [0.3, 0.4) is 0 Å². The first-order chi connectivity index (χ1) is 18.5. The van der Waals surface area contributed by atoms with Crippen molar-refractivity contribution in [1.29, 1.82) is 0 Å². The van der Waals surface area contributed by atoms with Gasteiger partial charge in [-0.25, -0.2) is 9.79 Å². The van der Waals surface area contributed by atoms with Gasteiger partial charge in [-0.3, -0.25) is 0 Å². The maximum atomic E-state index is 13.0. The number of nitrogens with one attached hydrogen (secondary N) is 3. The predicted octanol–water partition coefficient (Wildman–Crippen LogP) is 6.73. The van der Waals surface area contributed by atoms with Crippen molar-refractivity contribution in [2.24, 2.45) is 4.99 Å². The number of rotatable bonds is 6. The van der Waals surface area contributed by atoms with Gasteiger partial charge in [-0.1, -0.05) is 30.8 Å². The monoisotopic (exact) mass is 510 g/mol. The quantitative estimate of drug-likeness (QED) is 0.254. The summed E-state index contributed by atoms with van der Waals surface area (Å²) >= 11 is 0. The van der Waals surface area contributed by atoms with E-state index in [4.69, 9.17) is 0 Å². The number of piperidine rings is 1. The van der Waals surface area contributed by atoms with Gasteiger partial charge in [0.2, 0.25) is 0 Å². The van der Waals surface area contributed by atoms with Gasteiger partial charge in [-0.15, -0.1) is 0 Å². The van der Waals surface area contributed by atoms with Crippen molar-refractivity contribution >= 4 is 28.9 Å². The van der Waals surface area contributed by atoms with Gasteiger partial charge in [-0.05, 0) is 75.4 Å². The van der Waals surface area contributed by atoms with Crippen LogP contribution in [0.5, 0.6) is 0 Å². The first-order valence-corrected chi connectivity index (χ1v) is 13.6. The van der Waals surface area contributed by atoms with Gasteiger partial charge >= 0.3 is 6.03 Å². The molecular weight excluding hydrogens is 472 g/mol. The summed E-state index contributed by atoms with van der Waals surface area (Å²) in [7, 11) is 0. The minimum atomic E-state index is -0.227. The number of likely N-dealkylation sites (tertiary alicyclic amines) is 1. The lowest BCUT2D eigenvalue weighted by molar-refractivity contribution is 0.262. The molecule has 198 valence electrons. The summed E-state index contributed by atoms with van der Waals surface area (Å²) in [6, 6.07) is 18.6. The predicted molar refractivity (Wildman–Crippen MR) is 157 cm³/mol. The van der Waals surface area contributed by atoms with E-state index in [1.54, 1.807) is 6.20 Å². The molecular formula is C31H38N6O. The molecule has 2 saturated heterocycles. The first kappa shape index (κ1) is 25.6. The molecule has 2 unspecified atom stereocenters. The van der Waals surface area contributed by atoms with Crippen molar-refractivity contribution in [3.8, 4) is 0 Å². The van der Waals surface area contributed by atoms with Crippen LogP contribution in [0, 0.1) is 6.92 Å². The van der Waals surface area contributed by atoms with Crippen LogP contribution in [0.2, 0.25) is 0 Å². The number of amidine groups is 1. The topological polar surface area (TPSA) is 75.8 Å². The summed E-state index contributed by atoms with van der Waals surface area (Å²) in [4.78, 5) is 25.6. The summed E-state index contributed by atoms with van der Waals surface area (Å²) in [5, 5.41) is 6.14. The first-order valence-electron chi connectivity index (χ1n) is 13.6. The normalized spacial score (nSPS) is 19.9. The van der Waals surface area contributed by atoms with Crippen molar-refractivity contribution in [1.82, 2.24) is 9.88 Å². The van der Waals surface area contributed by atoms with Gasteiger partial charge in [0.1, 0.15) is 5.84 Å². The van der Waals surface area contributed by atoms with Gasteiger partial charge in [0.25, 0.3) is 0 Å². The largest absolute Gasteiger partial charge is 0.367 e. The number of para-hydroxylation sites is 2. The molecule has 1 aromatic heterocycles. The molecule has 3 aromatic rings.